The Labute approximate surface area is 297 Å². The second-order valence-corrected chi connectivity index (χ2v) is 13.4. The summed E-state index contributed by atoms with van der Waals surface area (Å²) in [6.45, 7) is 2.12. The minimum Gasteiger partial charge on any atom is -0.504 e. The highest BCUT2D eigenvalue weighted by Crippen LogP contribution is 2.57. The molecule has 9 nitrogen and oxygen atoms in total. The number of ether oxygens (including phenoxy) is 3. The molecule has 3 aliphatic carbocycles. The van der Waals surface area contributed by atoms with Gasteiger partial charge in [-0.15, -0.1) is 0 Å². The largest absolute Gasteiger partial charge is 0.504 e. The van der Waals surface area contributed by atoms with Crippen molar-refractivity contribution in [1.82, 2.24) is 0 Å². The minimum atomic E-state index is -0.787. The zero-order valence-electron chi connectivity index (χ0n) is 27.6. The van der Waals surface area contributed by atoms with Gasteiger partial charge >= 0.3 is 0 Å². The summed E-state index contributed by atoms with van der Waals surface area (Å²) in [6, 6.07) is 17.8. The first-order valence-corrected chi connectivity index (χ1v) is 17.2. The summed E-state index contributed by atoms with van der Waals surface area (Å²) in [5.41, 5.74) is 3.87. The first-order chi connectivity index (χ1) is 24.2. The molecule has 50 heavy (non-hydrogen) atoms. The van der Waals surface area contributed by atoms with Gasteiger partial charge in [-0.05, 0) is 83.6 Å². The molecule has 2 amide bonds. The van der Waals surface area contributed by atoms with Gasteiger partial charge in [-0.3, -0.25) is 24.1 Å². The zero-order chi connectivity index (χ0) is 35.3. The van der Waals surface area contributed by atoms with E-state index in [0.29, 0.717) is 34.9 Å². The summed E-state index contributed by atoms with van der Waals surface area (Å²) in [6.07, 6.45) is 7.41. The SMILES string of the molecule is CCOc1cccc([C@H]2C3=CC[C@@H]4C(=O)N(c5ccc(C=Cc6cc(OC)ccc6OC)cc5)C(=O)[C@@H]4[C@@H]3CC3=C2C(=O)C=C(Br)C3=O)c1O. The maximum Gasteiger partial charge on any atom is 0.238 e. The highest BCUT2D eigenvalue weighted by Gasteiger charge is 2.57. The second kappa shape index (κ2) is 13.2. The number of halogens is 1. The molecule has 0 saturated carbocycles. The molecule has 3 aromatic carbocycles. The molecule has 1 heterocycles. The van der Waals surface area contributed by atoms with Gasteiger partial charge in [0.1, 0.15) is 11.5 Å². The molecule has 254 valence electrons. The van der Waals surface area contributed by atoms with Gasteiger partial charge in [-0.1, -0.05) is 48.1 Å². The third-order valence-corrected chi connectivity index (χ3v) is 10.6. The molecule has 10 heteroatoms. The van der Waals surface area contributed by atoms with Crippen molar-refractivity contribution >= 4 is 57.2 Å². The van der Waals surface area contributed by atoms with E-state index in [4.69, 9.17) is 14.2 Å². The Balaban J connectivity index is 1.22. The molecule has 4 atom stereocenters. The Bertz CT molecular complexity index is 2070. The molecule has 1 saturated heterocycles. The standard InChI is InChI=1S/C40H34BrNO8/c1-4-50-33-7-5-6-26(38(33)45)34-25-15-16-27-35(28(25)19-29-36(34)31(43)20-30(41)37(29)44)40(47)42(39(27)46)23-12-9-21(10-13-23)8-11-22-18-24(48-2)14-17-32(22)49-3/h5-15,17-18,20,27-28,34-35,45H,4,16,19H2,1-3H3/t27-,28+,34+,35-/m0/s1. The zero-order valence-corrected chi connectivity index (χ0v) is 29.2. The number of phenols is 1. The number of hydrogen-bond donors (Lipinski definition) is 1. The number of methoxy groups -OCH3 is 2. The number of benzene rings is 3. The molecule has 3 aromatic rings. The lowest BCUT2D eigenvalue weighted by atomic mass is 9.59. The number of ketones is 2. The number of Topliss-reactive ketones (excluding diaryl/α,β-unsaturated/α-hetero) is 1. The number of phenolic OH excluding ortho intramolecular Hbond substituents is 1. The summed E-state index contributed by atoms with van der Waals surface area (Å²) in [7, 11) is 3.20. The van der Waals surface area contributed by atoms with Crippen molar-refractivity contribution in [2.45, 2.75) is 25.7 Å². The van der Waals surface area contributed by atoms with Crippen LogP contribution in [0.3, 0.4) is 0 Å². The fourth-order valence-corrected chi connectivity index (χ4v) is 8.20. The Kier molecular flexibility index (Phi) is 8.82. The summed E-state index contributed by atoms with van der Waals surface area (Å²) < 4.78 is 16.6. The number of carbonyl (C=O) groups excluding carboxylic acids is 4. The van der Waals surface area contributed by atoms with E-state index in [1.807, 2.05) is 48.6 Å². The van der Waals surface area contributed by atoms with E-state index in [0.717, 1.165) is 16.7 Å². The molecule has 4 aliphatic rings. The van der Waals surface area contributed by atoms with Gasteiger partial charge in [-0.25, -0.2) is 0 Å². The third-order valence-electron chi connectivity index (χ3n) is 10.0. The highest BCUT2D eigenvalue weighted by atomic mass is 79.9. The van der Waals surface area contributed by atoms with Crippen LogP contribution in [0.5, 0.6) is 23.0 Å². The first kappa shape index (κ1) is 33.3. The molecular formula is C40H34BrNO8. The highest BCUT2D eigenvalue weighted by molar-refractivity contribution is 9.12. The number of fused-ring (bicyclic) bond motifs is 3. The quantitative estimate of drug-likeness (QED) is 0.114. The van der Waals surface area contributed by atoms with Crippen LogP contribution >= 0.6 is 15.9 Å². The van der Waals surface area contributed by atoms with Crippen LogP contribution in [0.15, 0.2) is 94.0 Å². The Morgan fingerprint density at radius 2 is 1.70 bits per heavy atom. The number of amides is 2. The smallest absolute Gasteiger partial charge is 0.238 e. The molecule has 1 fully saturated rings. The molecule has 0 radical (unpaired) electrons. The van der Waals surface area contributed by atoms with Gasteiger partial charge in [0.25, 0.3) is 0 Å². The van der Waals surface area contributed by atoms with Crippen molar-refractivity contribution in [1.29, 1.82) is 0 Å². The Hall–Kier alpha value is -5.22. The first-order valence-electron chi connectivity index (χ1n) is 16.4. The number of hydrogen-bond acceptors (Lipinski definition) is 8. The molecule has 0 unspecified atom stereocenters. The third kappa shape index (κ3) is 5.48. The lowest BCUT2D eigenvalue weighted by molar-refractivity contribution is -0.123. The fraction of sp³-hybridized carbons (Fsp3) is 0.250. The van der Waals surface area contributed by atoms with E-state index >= 15 is 0 Å². The van der Waals surface area contributed by atoms with Crippen LogP contribution in [-0.2, 0) is 19.2 Å². The van der Waals surface area contributed by atoms with E-state index in [-0.39, 0.29) is 57.8 Å². The number of aromatic hydroxyl groups is 1. The van der Waals surface area contributed by atoms with Crippen LogP contribution in [0, 0.1) is 17.8 Å². The second-order valence-electron chi connectivity index (χ2n) is 12.6. The number of nitrogens with zero attached hydrogens (tertiary/aromatic N) is 1. The molecule has 1 N–H and O–H groups in total. The van der Waals surface area contributed by atoms with Crippen molar-refractivity contribution in [3.8, 4) is 23.0 Å². The molecule has 7 rings (SSSR count). The fourth-order valence-electron chi connectivity index (χ4n) is 7.75. The van der Waals surface area contributed by atoms with Gasteiger partial charge in [0.05, 0.1) is 42.8 Å². The maximum absolute atomic E-state index is 14.3. The predicted octanol–water partition coefficient (Wildman–Crippen LogP) is 6.95. The van der Waals surface area contributed by atoms with E-state index in [2.05, 4.69) is 15.9 Å². The maximum atomic E-state index is 14.3. The average molecular weight is 737 g/mol. The lowest BCUT2D eigenvalue weighted by Gasteiger charge is -2.42. The van der Waals surface area contributed by atoms with E-state index in [1.54, 1.807) is 51.5 Å². The van der Waals surface area contributed by atoms with Gasteiger partial charge < -0.3 is 19.3 Å². The van der Waals surface area contributed by atoms with Crippen LogP contribution in [0.1, 0.15) is 42.4 Å². The summed E-state index contributed by atoms with van der Waals surface area (Å²) in [5, 5.41) is 11.4. The normalized spacial score (nSPS) is 23.0. The molecular weight excluding hydrogens is 702 g/mol. The van der Waals surface area contributed by atoms with Crippen molar-refractivity contribution in [2.75, 3.05) is 25.7 Å². The van der Waals surface area contributed by atoms with Gasteiger partial charge in [0.15, 0.2) is 23.1 Å². The molecule has 0 aromatic heterocycles. The van der Waals surface area contributed by atoms with Crippen LogP contribution in [0.2, 0.25) is 0 Å². The van der Waals surface area contributed by atoms with Crippen molar-refractivity contribution in [2.24, 2.45) is 17.8 Å². The van der Waals surface area contributed by atoms with Gasteiger partial charge in [-0.2, -0.15) is 0 Å². The lowest BCUT2D eigenvalue weighted by Crippen LogP contribution is -2.39. The molecule has 1 aliphatic heterocycles. The summed E-state index contributed by atoms with van der Waals surface area (Å²) >= 11 is 3.26. The summed E-state index contributed by atoms with van der Waals surface area (Å²) in [5.74, 6) is -2.51. The summed E-state index contributed by atoms with van der Waals surface area (Å²) in [4.78, 5) is 56.7. The van der Waals surface area contributed by atoms with Crippen LogP contribution in [0.4, 0.5) is 5.69 Å². The van der Waals surface area contributed by atoms with Gasteiger partial charge in [0, 0.05) is 34.3 Å². The number of imide groups is 1. The van der Waals surface area contributed by atoms with E-state index in [1.165, 1.54) is 11.0 Å². The Morgan fingerprint density at radius 1 is 0.920 bits per heavy atom. The van der Waals surface area contributed by atoms with Gasteiger partial charge in [0.2, 0.25) is 11.8 Å². The number of carbonyl (C=O) groups is 4. The monoisotopic (exact) mass is 735 g/mol. The van der Waals surface area contributed by atoms with Crippen LogP contribution < -0.4 is 19.1 Å². The minimum absolute atomic E-state index is 0.127. The number of para-hydroxylation sites is 1. The number of allylic oxidation sites excluding steroid dienone is 6. The van der Waals surface area contributed by atoms with Crippen LogP contribution in [0.25, 0.3) is 12.2 Å². The van der Waals surface area contributed by atoms with E-state index in [9.17, 15) is 24.3 Å². The van der Waals surface area contributed by atoms with E-state index < -0.39 is 23.7 Å². The Morgan fingerprint density at radius 3 is 2.42 bits per heavy atom. The predicted molar refractivity (Wildman–Crippen MR) is 191 cm³/mol. The van der Waals surface area contributed by atoms with Crippen LogP contribution in [-0.4, -0.2) is 49.3 Å². The van der Waals surface area contributed by atoms with Crippen molar-refractivity contribution < 1.29 is 38.5 Å². The topological polar surface area (TPSA) is 119 Å². The number of anilines is 1. The molecule has 0 bridgehead atoms. The van der Waals surface area contributed by atoms with Crippen molar-refractivity contribution in [3.63, 3.8) is 0 Å². The average Bonchev–Trinajstić information content (AvgIpc) is 3.39. The van der Waals surface area contributed by atoms with Crippen molar-refractivity contribution in [3.05, 3.63) is 111 Å². The molecule has 0 spiro atoms. The number of rotatable bonds is 8.